The largest absolute Gasteiger partial charge is 0.373 e. The highest BCUT2D eigenvalue weighted by Crippen LogP contribution is 2.42. The lowest BCUT2D eigenvalue weighted by Crippen LogP contribution is -2.52. The number of benzene rings is 1. The summed E-state index contributed by atoms with van der Waals surface area (Å²) in [6, 6.07) is 6.78. The van der Waals surface area contributed by atoms with Gasteiger partial charge in [-0.1, -0.05) is 31.4 Å². The molecule has 3 fully saturated rings. The van der Waals surface area contributed by atoms with E-state index < -0.39 is 5.41 Å². The van der Waals surface area contributed by atoms with E-state index in [1.165, 1.54) is 12.5 Å². The summed E-state index contributed by atoms with van der Waals surface area (Å²) in [6.45, 7) is 9.08. The smallest absolute Gasteiger partial charge is 0.233 e. The number of piperidine rings is 1. The van der Waals surface area contributed by atoms with Crippen LogP contribution in [-0.2, 0) is 14.9 Å². The average molecular weight is 417 g/mol. The van der Waals surface area contributed by atoms with Gasteiger partial charge in [0.1, 0.15) is 5.82 Å². The number of amides is 1. The van der Waals surface area contributed by atoms with Gasteiger partial charge in [0.25, 0.3) is 0 Å². The second-order valence-corrected chi connectivity index (χ2v) is 9.86. The summed E-state index contributed by atoms with van der Waals surface area (Å²) in [5, 5.41) is 0. The van der Waals surface area contributed by atoms with Crippen LogP contribution in [0.25, 0.3) is 0 Å². The van der Waals surface area contributed by atoms with Gasteiger partial charge in [0.05, 0.1) is 17.6 Å². The number of ether oxygens (including phenoxy) is 1. The maximum atomic E-state index is 14.0. The highest BCUT2D eigenvalue weighted by molar-refractivity contribution is 5.88. The number of hydrogen-bond acceptors (Lipinski definition) is 3. The van der Waals surface area contributed by atoms with E-state index in [2.05, 4.69) is 23.6 Å². The topological polar surface area (TPSA) is 32.8 Å². The van der Waals surface area contributed by atoms with Gasteiger partial charge < -0.3 is 9.64 Å². The van der Waals surface area contributed by atoms with Crippen LogP contribution in [0.1, 0.15) is 64.4 Å². The van der Waals surface area contributed by atoms with Crippen molar-refractivity contribution in [3.05, 3.63) is 35.6 Å². The first-order valence-corrected chi connectivity index (χ1v) is 11.9. The zero-order chi connectivity index (χ0) is 21.1. The van der Waals surface area contributed by atoms with Crippen LogP contribution in [0.2, 0.25) is 0 Å². The summed E-state index contributed by atoms with van der Waals surface area (Å²) in [5.74, 6) is 0.640. The van der Waals surface area contributed by atoms with Crippen LogP contribution in [0.4, 0.5) is 4.39 Å². The number of likely N-dealkylation sites (tertiary alicyclic amines) is 1. The van der Waals surface area contributed by atoms with E-state index in [-0.39, 0.29) is 11.7 Å². The summed E-state index contributed by atoms with van der Waals surface area (Å²) in [6.07, 6.45) is 7.68. The molecule has 0 radical (unpaired) electrons. The van der Waals surface area contributed by atoms with Crippen molar-refractivity contribution in [1.29, 1.82) is 0 Å². The first-order chi connectivity index (χ1) is 14.5. The Morgan fingerprint density at radius 1 is 1.10 bits per heavy atom. The van der Waals surface area contributed by atoms with Gasteiger partial charge in [0, 0.05) is 32.7 Å². The number of hydrogen-bond donors (Lipinski definition) is 0. The van der Waals surface area contributed by atoms with Gasteiger partial charge in [0.2, 0.25) is 5.91 Å². The summed E-state index contributed by atoms with van der Waals surface area (Å²) >= 11 is 0. The molecule has 2 aliphatic heterocycles. The molecular formula is C25H37FN2O2. The lowest BCUT2D eigenvalue weighted by molar-refractivity contribution is -0.140. The van der Waals surface area contributed by atoms with Crippen molar-refractivity contribution < 1.29 is 13.9 Å². The summed E-state index contributed by atoms with van der Waals surface area (Å²) < 4.78 is 19.8. The highest BCUT2D eigenvalue weighted by Gasteiger charge is 2.44. The normalized spacial score (nSPS) is 28.4. The Hall–Kier alpha value is -1.46. The van der Waals surface area contributed by atoms with Gasteiger partial charge >= 0.3 is 0 Å². The molecule has 2 atom stereocenters. The molecule has 4 rings (SSSR count). The number of nitrogens with zero attached hydrogens (tertiary/aromatic N) is 2. The molecule has 0 bridgehead atoms. The number of rotatable bonds is 4. The molecule has 1 aromatic rings. The van der Waals surface area contributed by atoms with Crippen molar-refractivity contribution >= 4 is 5.91 Å². The third-order valence-corrected chi connectivity index (χ3v) is 7.41. The van der Waals surface area contributed by atoms with Crippen LogP contribution in [0.5, 0.6) is 0 Å². The molecule has 0 aromatic heterocycles. The summed E-state index contributed by atoms with van der Waals surface area (Å²) in [5.41, 5.74) is 0.355. The number of carbonyl (C=O) groups is 1. The van der Waals surface area contributed by atoms with Crippen LogP contribution in [0, 0.1) is 11.7 Å². The van der Waals surface area contributed by atoms with Gasteiger partial charge in [-0.15, -0.1) is 0 Å². The fraction of sp³-hybridized carbons (Fsp3) is 0.720. The Morgan fingerprint density at radius 3 is 2.40 bits per heavy atom. The lowest BCUT2D eigenvalue weighted by atomic mass is 9.68. The Kier molecular flexibility index (Phi) is 6.78. The molecule has 0 N–H and O–H groups in total. The molecule has 1 amide bonds. The van der Waals surface area contributed by atoms with Crippen LogP contribution in [0.15, 0.2) is 24.3 Å². The molecule has 4 nitrogen and oxygen atoms in total. The standard InChI is InChI=1S/C25H37FN2O2/c1-19-16-27(17-20(2)30-19)18-21-9-13-28(14-10-21)24(29)25(11-4-3-5-12-25)22-7-6-8-23(26)15-22/h6-8,15,19-21H,3-5,9-14,16-18H2,1-2H3. The predicted octanol–water partition coefficient (Wildman–Crippen LogP) is 4.38. The maximum Gasteiger partial charge on any atom is 0.233 e. The van der Waals surface area contributed by atoms with E-state index in [4.69, 9.17) is 4.74 Å². The molecule has 3 aliphatic rings. The summed E-state index contributed by atoms with van der Waals surface area (Å²) in [7, 11) is 0. The molecule has 1 saturated carbocycles. The van der Waals surface area contributed by atoms with Crippen molar-refractivity contribution in [2.45, 2.75) is 76.4 Å². The molecule has 1 aliphatic carbocycles. The molecule has 2 saturated heterocycles. The maximum absolute atomic E-state index is 14.0. The Balaban J connectivity index is 1.40. The van der Waals surface area contributed by atoms with E-state index in [9.17, 15) is 9.18 Å². The van der Waals surface area contributed by atoms with Gasteiger partial charge in [-0.25, -0.2) is 4.39 Å². The number of carbonyl (C=O) groups excluding carboxylic acids is 1. The second-order valence-electron chi connectivity index (χ2n) is 9.86. The fourth-order valence-corrected chi connectivity index (χ4v) is 5.99. The van der Waals surface area contributed by atoms with E-state index in [0.29, 0.717) is 18.1 Å². The van der Waals surface area contributed by atoms with Crippen LogP contribution < -0.4 is 0 Å². The van der Waals surface area contributed by atoms with Crippen molar-refractivity contribution in [3.8, 4) is 0 Å². The third-order valence-electron chi connectivity index (χ3n) is 7.41. The minimum Gasteiger partial charge on any atom is -0.373 e. The molecule has 2 heterocycles. The second kappa shape index (κ2) is 9.35. The molecular weight excluding hydrogens is 379 g/mol. The van der Waals surface area contributed by atoms with Gasteiger partial charge in [-0.05, 0) is 63.1 Å². The first kappa shape index (κ1) is 21.8. The van der Waals surface area contributed by atoms with E-state index in [1.807, 2.05) is 6.07 Å². The van der Waals surface area contributed by atoms with Crippen LogP contribution >= 0.6 is 0 Å². The quantitative estimate of drug-likeness (QED) is 0.730. The minimum absolute atomic E-state index is 0.236. The monoisotopic (exact) mass is 416 g/mol. The Labute approximate surface area is 180 Å². The average Bonchev–Trinajstić information content (AvgIpc) is 2.73. The molecule has 2 unspecified atom stereocenters. The van der Waals surface area contributed by atoms with Gasteiger partial charge in [0.15, 0.2) is 0 Å². The molecule has 1 aromatic carbocycles. The minimum atomic E-state index is -0.526. The molecule has 5 heteroatoms. The van der Waals surface area contributed by atoms with Crippen LogP contribution in [0.3, 0.4) is 0 Å². The van der Waals surface area contributed by atoms with Crippen molar-refractivity contribution in [1.82, 2.24) is 9.80 Å². The van der Waals surface area contributed by atoms with Crippen molar-refractivity contribution in [3.63, 3.8) is 0 Å². The van der Waals surface area contributed by atoms with Gasteiger partial charge in [-0.2, -0.15) is 0 Å². The zero-order valence-corrected chi connectivity index (χ0v) is 18.6. The third kappa shape index (κ3) is 4.72. The van der Waals surface area contributed by atoms with E-state index in [1.54, 1.807) is 12.1 Å². The number of halogens is 1. The SMILES string of the molecule is CC1CN(CC2CCN(C(=O)C3(c4cccc(F)c4)CCCCC3)CC2)CC(C)O1. The Bertz CT molecular complexity index is 716. The van der Waals surface area contributed by atoms with E-state index >= 15 is 0 Å². The highest BCUT2D eigenvalue weighted by atomic mass is 19.1. The van der Waals surface area contributed by atoms with Crippen molar-refractivity contribution in [2.24, 2.45) is 5.92 Å². The van der Waals surface area contributed by atoms with Crippen LogP contribution in [-0.4, -0.2) is 60.6 Å². The fourth-order valence-electron chi connectivity index (χ4n) is 5.99. The predicted molar refractivity (Wildman–Crippen MR) is 117 cm³/mol. The summed E-state index contributed by atoms with van der Waals surface area (Å²) in [4.78, 5) is 18.4. The molecule has 166 valence electrons. The first-order valence-electron chi connectivity index (χ1n) is 11.9. The molecule has 30 heavy (non-hydrogen) atoms. The lowest BCUT2D eigenvalue weighted by Gasteiger charge is -2.43. The zero-order valence-electron chi connectivity index (χ0n) is 18.6. The van der Waals surface area contributed by atoms with Gasteiger partial charge in [-0.3, -0.25) is 9.69 Å². The van der Waals surface area contributed by atoms with E-state index in [0.717, 1.165) is 76.8 Å². The van der Waals surface area contributed by atoms with Crippen molar-refractivity contribution in [2.75, 3.05) is 32.7 Å². The Morgan fingerprint density at radius 2 is 1.77 bits per heavy atom. The molecule has 0 spiro atoms. The number of morpholine rings is 1.